The van der Waals surface area contributed by atoms with Gasteiger partial charge in [0.15, 0.2) is 0 Å². The summed E-state index contributed by atoms with van der Waals surface area (Å²) in [6.07, 6.45) is 0. The third-order valence-corrected chi connectivity index (χ3v) is 4.77. The summed E-state index contributed by atoms with van der Waals surface area (Å²) in [6.45, 7) is 4.76. The van der Waals surface area contributed by atoms with Crippen molar-refractivity contribution in [1.29, 1.82) is 0 Å². The Morgan fingerprint density at radius 1 is 1.48 bits per heavy atom. The maximum absolute atomic E-state index is 11.3. The van der Waals surface area contributed by atoms with E-state index < -0.39 is 5.97 Å². The Balaban J connectivity index is 2.26. The van der Waals surface area contributed by atoms with E-state index in [1.807, 2.05) is 11.4 Å². The number of benzene rings is 1. The minimum absolute atomic E-state index is 0.0852. The Morgan fingerprint density at radius 2 is 2.19 bits per heavy atom. The lowest BCUT2D eigenvalue weighted by atomic mass is 9.91. The van der Waals surface area contributed by atoms with Crippen molar-refractivity contribution < 1.29 is 9.90 Å². The van der Waals surface area contributed by atoms with Crippen LogP contribution in [0, 0.1) is 0 Å². The number of halogens is 1. The van der Waals surface area contributed by atoms with Crippen LogP contribution in [-0.4, -0.2) is 17.6 Å². The number of rotatable bonds is 5. The van der Waals surface area contributed by atoms with Gasteiger partial charge < -0.3 is 16.2 Å². The van der Waals surface area contributed by atoms with Crippen molar-refractivity contribution in [2.45, 2.75) is 19.3 Å². The number of nitrogen functional groups attached to an aromatic ring is 1. The predicted molar refractivity (Wildman–Crippen MR) is 88.7 cm³/mol. The molecule has 1 heterocycles. The topological polar surface area (TPSA) is 75.3 Å². The number of aromatic carboxylic acids is 1. The first-order valence-electron chi connectivity index (χ1n) is 6.41. The van der Waals surface area contributed by atoms with Crippen molar-refractivity contribution in [3.63, 3.8) is 0 Å². The molecule has 2 rings (SSSR count). The second kappa shape index (κ2) is 5.95. The van der Waals surface area contributed by atoms with Crippen LogP contribution in [0.5, 0.6) is 0 Å². The number of nitrogens with one attached hydrogen (secondary N) is 1. The molecule has 0 saturated carbocycles. The van der Waals surface area contributed by atoms with E-state index in [-0.39, 0.29) is 11.0 Å². The number of hydrogen-bond donors (Lipinski definition) is 3. The summed E-state index contributed by atoms with van der Waals surface area (Å²) >= 11 is 7.80. The summed E-state index contributed by atoms with van der Waals surface area (Å²) in [5.74, 6) is -1.05. The van der Waals surface area contributed by atoms with Crippen LogP contribution in [-0.2, 0) is 5.41 Å². The molecule has 1 aromatic carbocycles. The van der Waals surface area contributed by atoms with E-state index in [4.69, 9.17) is 17.3 Å². The Labute approximate surface area is 132 Å². The highest BCUT2D eigenvalue weighted by molar-refractivity contribution is 7.10. The molecule has 0 aliphatic heterocycles. The third kappa shape index (κ3) is 3.49. The van der Waals surface area contributed by atoms with Crippen molar-refractivity contribution in [2.24, 2.45) is 0 Å². The first-order chi connectivity index (χ1) is 9.81. The number of carboxylic acids is 1. The highest BCUT2D eigenvalue weighted by atomic mass is 35.5. The number of carbonyl (C=O) groups is 1. The van der Waals surface area contributed by atoms with Crippen LogP contribution >= 0.6 is 22.9 Å². The Hall–Kier alpha value is -1.72. The molecule has 0 atom stereocenters. The molecule has 0 radical (unpaired) electrons. The molecule has 0 fully saturated rings. The summed E-state index contributed by atoms with van der Waals surface area (Å²) in [5, 5.41) is 14.8. The average Bonchev–Trinajstić information content (AvgIpc) is 2.91. The van der Waals surface area contributed by atoms with Gasteiger partial charge in [-0.2, -0.15) is 0 Å². The fraction of sp³-hybridized carbons (Fsp3) is 0.267. The average molecular weight is 325 g/mol. The number of hydrogen-bond acceptors (Lipinski definition) is 4. The molecule has 4 nitrogen and oxygen atoms in total. The van der Waals surface area contributed by atoms with E-state index >= 15 is 0 Å². The highest BCUT2D eigenvalue weighted by Crippen LogP contribution is 2.32. The van der Waals surface area contributed by atoms with Gasteiger partial charge in [0, 0.05) is 22.5 Å². The second-order valence-corrected chi connectivity index (χ2v) is 6.80. The zero-order chi connectivity index (χ0) is 15.6. The van der Waals surface area contributed by atoms with Gasteiger partial charge in [0.1, 0.15) is 0 Å². The van der Waals surface area contributed by atoms with Crippen LogP contribution < -0.4 is 11.1 Å². The minimum atomic E-state index is -1.05. The van der Waals surface area contributed by atoms with Gasteiger partial charge in [-0.3, -0.25) is 0 Å². The molecule has 112 valence electrons. The van der Waals surface area contributed by atoms with Crippen molar-refractivity contribution >= 4 is 40.3 Å². The minimum Gasteiger partial charge on any atom is -0.478 e. The molecule has 6 heteroatoms. The number of anilines is 2. The predicted octanol–water partition coefficient (Wildman–Crippen LogP) is 4.07. The van der Waals surface area contributed by atoms with Gasteiger partial charge in [-0.25, -0.2) is 4.79 Å². The second-order valence-electron chi connectivity index (χ2n) is 5.45. The quantitative estimate of drug-likeness (QED) is 0.725. The molecular formula is C15H17ClN2O2S. The van der Waals surface area contributed by atoms with E-state index in [1.165, 1.54) is 10.9 Å². The molecule has 2 aromatic rings. The molecular weight excluding hydrogens is 308 g/mol. The van der Waals surface area contributed by atoms with Gasteiger partial charge in [0.05, 0.1) is 16.3 Å². The molecule has 0 amide bonds. The Kier molecular flexibility index (Phi) is 4.44. The van der Waals surface area contributed by atoms with Crippen molar-refractivity contribution in [3.8, 4) is 0 Å². The normalized spacial score (nSPS) is 11.4. The lowest BCUT2D eigenvalue weighted by Gasteiger charge is -2.25. The number of nitrogens with two attached hydrogens (primary N) is 1. The summed E-state index contributed by atoms with van der Waals surface area (Å²) in [4.78, 5) is 12.5. The zero-order valence-electron chi connectivity index (χ0n) is 11.8. The van der Waals surface area contributed by atoms with E-state index in [1.54, 1.807) is 17.4 Å². The van der Waals surface area contributed by atoms with Gasteiger partial charge in [-0.1, -0.05) is 31.5 Å². The van der Waals surface area contributed by atoms with E-state index in [2.05, 4.69) is 25.2 Å². The standard InChI is InChI=1S/C15H17ClN2O2S/c1-15(2,12-4-3-5-21-12)8-18-13-10(14(19)20)6-9(17)7-11(13)16/h3-7,18H,8,17H2,1-2H3,(H,19,20). The SMILES string of the molecule is CC(C)(CNc1c(Cl)cc(N)cc1C(=O)O)c1cccs1. The fourth-order valence-corrected chi connectivity index (χ4v) is 3.18. The van der Waals surface area contributed by atoms with Crippen LogP contribution in [0.3, 0.4) is 0 Å². The van der Waals surface area contributed by atoms with Crippen molar-refractivity contribution in [3.05, 3.63) is 45.1 Å². The maximum atomic E-state index is 11.3. The summed E-state index contributed by atoms with van der Waals surface area (Å²) < 4.78 is 0. The Morgan fingerprint density at radius 3 is 2.76 bits per heavy atom. The van der Waals surface area contributed by atoms with Crippen LogP contribution in [0.2, 0.25) is 5.02 Å². The molecule has 4 N–H and O–H groups in total. The van der Waals surface area contributed by atoms with Gasteiger partial charge in [-0.15, -0.1) is 11.3 Å². The summed E-state index contributed by atoms with van der Waals surface area (Å²) in [6, 6.07) is 7.03. The van der Waals surface area contributed by atoms with Crippen LogP contribution in [0.1, 0.15) is 29.1 Å². The zero-order valence-corrected chi connectivity index (χ0v) is 13.4. The fourth-order valence-electron chi connectivity index (χ4n) is 2.04. The monoisotopic (exact) mass is 324 g/mol. The van der Waals surface area contributed by atoms with Gasteiger partial charge in [-0.05, 0) is 23.6 Å². The summed E-state index contributed by atoms with van der Waals surface area (Å²) in [5.41, 5.74) is 6.35. The first kappa shape index (κ1) is 15.7. The molecule has 21 heavy (non-hydrogen) atoms. The largest absolute Gasteiger partial charge is 0.478 e. The van der Waals surface area contributed by atoms with Crippen molar-refractivity contribution in [1.82, 2.24) is 0 Å². The molecule has 0 bridgehead atoms. The van der Waals surface area contributed by atoms with Gasteiger partial charge in [0.2, 0.25) is 0 Å². The maximum Gasteiger partial charge on any atom is 0.337 e. The van der Waals surface area contributed by atoms with E-state index in [9.17, 15) is 9.90 Å². The number of carboxylic acid groups (broad SMARTS) is 1. The lowest BCUT2D eigenvalue weighted by molar-refractivity contribution is 0.0698. The smallest absolute Gasteiger partial charge is 0.337 e. The molecule has 0 spiro atoms. The van der Waals surface area contributed by atoms with Crippen LogP contribution in [0.4, 0.5) is 11.4 Å². The Bertz CT molecular complexity index is 654. The van der Waals surface area contributed by atoms with Gasteiger partial charge >= 0.3 is 5.97 Å². The summed E-state index contributed by atoms with van der Waals surface area (Å²) in [7, 11) is 0. The van der Waals surface area contributed by atoms with Gasteiger partial charge in [0.25, 0.3) is 0 Å². The molecule has 0 unspecified atom stereocenters. The third-order valence-electron chi connectivity index (χ3n) is 3.24. The highest BCUT2D eigenvalue weighted by Gasteiger charge is 2.23. The first-order valence-corrected chi connectivity index (χ1v) is 7.67. The van der Waals surface area contributed by atoms with Crippen LogP contribution in [0.15, 0.2) is 29.6 Å². The molecule has 0 aliphatic carbocycles. The van der Waals surface area contributed by atoms with E-state index in [0.29, 0.717) is 22.9 Å². The lowest BCUT2D eigenvalue weighted by Crippen LogP contribution is -2.27. The van der Waals surface area contributed by atoms with Crippen LogP contribution in [0.25, 0.3) is 0 Å². The van der Waals surface area contributed by atoms with Crippen molar-refractivity contribution in [2.75, 3.05) is 17.6 Å². The molecule has 0 saturated heterocycles. The number of thiophene rings is 1. The molecule has 1 aromatic heterocycles. The molecule has 0 aliphatic rings. The van der Waals surface area contributed by atoms with E-state index in [0.717, 1.165) is 0 Å².